The summed E-state index contributed by atoms with van der Waals surface area (Å²) < 4.78 is 14.5. The molecule has 1 saturated heterocycles. The number of rotatable bonds is 2. The second kappa shape index (κ2) is 4.92. The highest BCUT2D eigenvalue weighted by Gasteiger charge is 2.42. The van der Waals surface area contributed by atoms with Crippen LogP contribution < -0.4 is 10.2 Å². The minimum absolute atomic E-state index is 0.128. The van der Waals surface area contributed by atoms with Gasteiger partial charge in [0, 0.05) is 4.47 Å². The van der Waals surface area contributed by atoms with Crippen molar-refractivity contribution in [3.05, 3.63) is 28.5 Å². The summed E-state index contributed by atoms with van der Waals surface area (Å²) in [6.07, 6.45) is 0.451. The summed E-state index contributed by atoms with van der Waals surface area (Å²) in [4.78, 5) is 25.3. The zero-order valence-electron chi connectivity index (χ0n) is 10.7. The van der Waals surface area contributed by atoms with Crippen LogP contribution in [0.3, 0.4) is 0 Å². The van der Waals surface area contributed by atoms with E-state index in [0.29, 0.717) is 10.9 Å². The molecular formula is C13H14BrFN2O2. The minimum Gasteiger partial charge on any atom is -0.340 e. The third-order valence-electron chi connectivity index (χ3n) is 3.34. The van der Waals surface area contributed by atoms with E-state index in [1.54, 1.807) is 19.9 Å². The number of nitrogens with one attached hydrogen (secondary N) is 1. The molecule has 0 aromatic heterocycles. The van der Waals surface area contributed by atoms with Gasteiger partial charge in [0.2, 0.25) is 5.91 Å². The van der Waals surface area contributed by atoms with E-state index in [2.05, 4.69) is 21.2 Å². The lowest BCUT2D eigenvalue weighted by atomic mass is 9.94. The Morgan fingerprint density at radius 1 is 1.47 bits per heavy atom. The summed E-state index contributed by atoms with van der Waals surface area (Å²) in [7, 11) is 0. The maximum atomic E-state index is 13.9. The number of benzene rings is 1. The van der Waals surface area contributed by atoms with Gasteiger partial charge >= 0.3 is 0 Å². The molecule has 0 saturated carbocycles. The summed E-state index contributed by atoms with van der Waals surface area (Å²) in [5.74, 6) is -1.11. The Bertz CT molecular complexity index is 549. The molecule has 1 N–H and O–H groups in total. The first-order chi connectivity index (χ1) is 8.87. The second-order valence-electron chi connectivity index (χ2n) is 4.72. The number of carbonyl (C=O) groups excluding carboxylic acids is 2. The molecule has 2 amide bonds. The fraction of sp³-hybridized carbons (Fsp3) is 0.385. The summed E-state index contributed by atoms with van der Waals surface area (Å²) in [6.45, 7) is 3.29. The summed E-state index contributed by atoms with van der Waals surface area (Å²) >= 11 is 3.16. The van der Waals surface area contributed by atoms with E-state index in [9.17, 15) is 14.0 Å². The van der Waals surface area contributed by atoms with Crippen molar-refractivity contribution < 1.29 is 14.0 Å². The molecule has 1 aromatic carbocycles. The van der Waals surface area contributed by atoms with E-state index in [1.807, 2.05) is 0 Å². The van der Waals surface area contributed by atoms with Crippen LogP contribution >= 0.6 is 15.9 Å². The maximum Gasteiger partial charge on any atom is 0.253 e. The minimum atomic E-state index is -0.977. The van der Waals surface area contributed by atoms with Gasteiger partial charge in [0.25, 0.3) is 5.91 Å². The summed E-state index contributed by atoms with van der Waals surface area (Å²) in [5, 5.41) is 2.66. The lowest BCUT2D eigenvalue weighted by Gasteiger charge is -2.39. The quantitative estimate of drug-likeness (QED) is 0.905. The number of halogens is 2. The van der Waals surface area contributed by atoms with Gasteiger partial charge in [-0.05, 0) is 31.5 Å². The van der Waals surface area contributed by atoms with Crippen molar-refractivity contribution in [3.8, 4) is 0 Å². The van der Waals surface area contributed by atoms with Crippen molar-refractivity contribution in [2.45, 2.75) is 25.8 Å². The average molecular weight is 329 g/mol. The monoisotopic (exact) mass is 328 g/mol. The number of piperazine rings is 1. The van der Waals surface area contributed by atoms with E-state index in [4.69, 9.17) is 0 Å². The Kier molecular flexibility index (Phi) is 3.62. The van der Waals surface area contributed by atoms with Crippen molar-refractivity contribution in [2.24, 2.45) is 0 Å². The van der Waals surface area contributed by atoms with Crippen LogP contribution in [0.5, 0.6) is 0 Å². The third kappa shape index (κ3) is 2.49. The van der Waals surface area contributed by atoms with E-state index in [1.165, 1.54) is 17.0 Å². The van der Waals surface area contributed by atoms with E-state index >= 15 is 0 Å². The molecule has 6 heteroatoms. The Hall–Kier alpha value is -1.43. The lowest BCUT2D eigenvalue weighted by Crippen LogP contribution is -2.65. The average Bonchev–Trinajstić information content (AvgIpc) is 2.34. The van der Waals surface area contributed by atoms with Crippen molar-refractivity contribution >= 4 is 33.4 Å². The number of hydrogen-bond donors (Lipinski definition) is 1. The molecule has 1 aliphatic heterocycles. The Labute approximate surface area is 119 Å². The van der Waals surface area contributed by atoms with Gasteiger partial charge < -0.3 is 5.32 Å². The third-order valence-corrected chi connectivity index (χ3v) is 3.84. The molecule has 4 nitrogen and oxygen atoms in total. The first-order valence-corrected chi connectivity index (χ1v) is 6.74. The predicted octanol–water partition coefficient (Wildman–Crippen LogP) is 2.22. The van der Waals surface area contributed by atoms with Crippen molar-refractivity contribution in [1.82, 2.24) is 5.32 Å². The van der Waals surface area contributed by atoms with Crippen LogP contribution in [0, 0.1) is 5.82 Å². The maximum absolute atomic E-state index is 13.9. The lowest BCUT2D eigenvalue weighted by molar-refractivity contribution is -0.135. The van der Waals surface area contributed by atoms with Gasteiger partial charge in [-0.25, -0.2) is 4.39 Å². The standard InChI is InChI=1S/C13H14BrFN2O2/c1-3-13(2)12(19)17(7-11(18)16-13)10-5-4-8(14)6-9(10)15/h4-6H,3,7H2,1-2H3,(H,16,18). The van der Waals surface area contributed by atoms with Gasteiger partial charge in [-0.1, -0.05) is 22.9 Å². The van der Waals surface area contributed by atoms with Crippen LogP contribution in [-0.2, 0) is 9.59 Å². The van der Waals surface area contributed by atoms with Crippen LogP contribution in [0.15, 0.2) is 22.7 Å². The SMILES string of the molecule is CCC1(C)NC(=O)CN(c2ccc(Br)cc2F)C1=O. The Balaban J connectivity index is 2.43. The normalized spacial score (nSPS) is 23.5. The summed E-state index contributed by atoms with van der Waals surface area (Å²) in [6, 6.07) is 4.41. The van der Waals surface area contributed by atoms with Crippen LogP contribution in [0.2, 0.25) is 0 Å². The number of anilines is 1. The second-order valence-corrected chi connectivity index (χ2v) is 5.64. The molecule has 0 bridgehead atoms. The van der Waals surface area contributed by atoms with E-state index < -0.39 is 11.4 Å². The fourth-order valence-electron chi connectivity index (χ4n) is 2.05. The molecule has 19 heavy (non-hydrogen) atoms. The van der Waals surface area contributed by atoms with Crippen molar-refractivity contribution in [2.75, 3.05) is 11.4 Å². The van der Waals surface area contributed by atoms with Crippen molar-refractivity contribution in [1.29, 1.82) is 0 Å². The molecule has 1 atom stereocenters. The molecule has 0 radical (unpaired) electrons. The molecule has 0 aliphatic carbocycles. The highest BCUT2D eigenvalue weighted by molar-refractivity contribution is 9.10. The molecule has 1 fully saturated rings. The number of amides is 2. The van der Waals surface area contributed by atoms with Gasteiger partial charge in [0.1, 0.15) is 17.9 Å². The fourth-order valence-corrected chi connectivity index (χ4v) is 2.38. The Morgan fingerprint density at radius 3 is 2.74 bits per heavy atom. The molecule has 1 heterocycles. The van der Waals surface area contributed by atoms with Crippen LogP contribution in [-0.4, -0.2) is 23.9 Å². The number of nitrogens with zero attached hydrogens (tertiary/aromatic N) is 1. The number of carbonyl (C=O) groups is 2. The smallest absolute Gasteiger partial charge is 0.253 e. The van der Waals surface area contributed by atoms with Gasteiger partial charge in [0.05, 0.1) is 5.69 Å². The van der Waals surface area contributed by atoms with Gasteiger partial charge in [-0.3, -0.25) is 14.5 Å². The molecule has 1 aromatic rings. The van der Waals surface area contributed by atoms with Crippen LogP contribution in [0.1, 0.15) is 20.3 Å². The highest BCUT2D eigenvalue weighted by Crippen LogP contribution is 2.28. The van der Waals surface area contributed by atoms with Crippen LogP contribution in [0.25, 0.3) is 0 Å². The molecule has 0 spiro atoms. The summed E-state index contributed by atoms with van der Waals surface area (Å²) in [5.41, 5.74) is -0.850. The van der Waals surface area contributed by atoms with Gasteiger partial charge in [-0.15, -0.1) is 0 Å². The topological polar surface area (TPSA) is 49.4 Å². The van der Waals surface area contributed by atoms with E-state index in [0.717, 1.165) is 0 Å². The highest BCUT2D eigenvalue weighted by atomic mass is 79.9. The molecule has 2 rings (SSSR count). The van der Waals surface area contributed by atoms with E-state index in [-0.39, 0.29) is 24.0 Å². The molecule has 1 unspecified atom stereocenters. The van der Waals surface area contributed by atoms with Crippen molar-refractivity contribution in [3.63, 3.8) is 0 Å². The predicted molar refractivity (Wildman–Crippen MR) is 73.3 cm³/mol. The molecule has 102 valence electrons. The zero-order valence-corrected chi connectivity index (χ0v) is 12.3. The largest absolute Gasteiger partial charge is 0.340 e. The first kappa shape index (κ1) is 14.0. The van der Waals surface area contributed by atoms with Gasteiger partial charge in [-0.2, -0.15) is 0 Å². The van der Waals surface area contributed by atoms with Crippen LogP contribution in [0.4, 0.5) is 10.1 Å². The van der Waals surface area contributed by atoms with Gasteiger partial charge in [0.15, 0.2) is 0 Å². The number of hydrogen-bond acceptors (Lipinski definition) is 2. The molecule has 1 aliphatic rings. The molecular weight excluding hydrogens is 315 g/mol. The zero-order chi connectivity index (χ0) is 14.2. The first-order valence-electron chi connectivity index (χ1n) is 5.95. The Morgan fingerprint density at radius 2 is 2.16 bits per heavy atom.